The van der Waals surface area contributed by atoms with Crippen molar-refractivity contribution in [3.63, 3.8) is 0 Å². The van der Waals surface area contributed by atoms with E-state index in [0.29, 0.717) is 19.0 Å². The van der Waals surface area contributed by atoms with Gasteiger partial charge < -0.3 is 5.73 Å². The third kappa shape index (κ3) is 3.21. The van der Waals surface area contributed by atoms with Crippen LogP contribution in [0.15, 0.2) is 0 Å². The molecule has 1 aliphatic heterocycles. The first kappa shape index (κ1) is 13.8. The van der Waals surface area contributed by atoms with Gasteiger partial charge in [-0.2, -0.15) is 17.4 Å². The van der Waals surface area contributed by atoms with Crippen LogP contribution in [0, 0.1) is 17.2 Å². The van der Waals surface area contributed by atoms with Crippen LogP contribution < -0.4 is 10.5 Å². The van der Waals surface area contributed by atoms with Gasteiger partial charge in [0.25, 0.3) is 10.2 Å². The molecule has 0 aromatic rings. The van der Waals surface area contributed by atoms with Gasteiger partial charge in [-0.3, -0.25) is 5.41 Å². The Bertz CT molecular complexity index is 411. The maximum absolute atomic E-state index is 12.2. The molecule has 1 atom stereocenters. The molecule has 104 valence electrons. The highest BCUT2D eigenvalue weighted by atomic mass is 32.2. The van der Waals surface area contributed by atoms with Crippen LogP contribution in [-0.2, 0) is 10.2 Å². The molecule has 0 aromatic heterocycles. The van der Waals surface area contributed by atoms with Gasteiger partial charge in [-0.15, -0.1) is 0 Å². The van der Waals surface area contributed by atoms with E-state index in [1.54, 1.807) is 0 Å². The summed E-state index contributed by atoms with van der Waals surface area (Å²) in [6.45, 7) is 3.26. The fraction of sp³-hybridized carbons (Fsp3) is 0.909. The molecule has 6 nitrogen and oxygen atoms in total. The lowest BCUT2D eigenvalue weighted by atomic mass is 10.0. The summed E-state index contributed by atoms with van der Waals surface area (Å²) in [6, 6.07) is -0.519. The van der Waals surface area contributed by atoms with Crippen molar-refractivity contribution in [2.45, 2.75) is 38.6 Å². The Labute approximate surface area is 109 Å². The topological polar surface area (TPSA) is 99.3 Å². The monoisotopic (exact) mass is 274 g/mol. The van der Waals surface area contributed by atoms with Crippen molar-refractivity contribution >= 4 is 16.0 Å². The number of rotatable bonds is 5. The zero-order valence-corrected chi connectivity index (χ0v) is 11.5. The summed E-state index contributed by atoms with van der Waals surface area (Å²) in [7, 11) is -3.49. The van der Waals surface area contributed by atoms with Gasteiger partial charge >= 0.3 is 0 Å². The highest BCUT2D eigenvalue weighted by Gasteiger charge is 2.38. The summed E-state index contributed by atoms with van der Waals surface area (Å²) in [4.78, 5) is 0. The molecule has 18 heavy (non-hydrogen) atoms. The molecule has 0 aromatic carbocycles. The van der Waals surface area contributed by atoms with Crippen molar-refractivity contribution in [2.24, 2.45) is 17.6 Å². The van der Waals surface area contributed by atoms with Gasteiger partial charge in [0.15, 0.2) is 0 Å². The minimum atomic E-state index is -3.49. The number of amidine groups is 1. The number of nitrogens with one attached hydrogen (secondary N) is 2. The van der Waals surface area contributed by atoms with Crippen LogP contribution in [0.2, 0.25) is 0 Å². The SMILES string of the molecule is CC1CCN(S(=O)(=O)NC(C(=N)N)C2CC2)CC1. The number of nitrogens with zero attached hydrogens (tertiary/aromatic N) is 1. The van der Waals surface area contributed by atoms with Crippen molar-refractivity contribution in [2.75, 3.05) is 13.1 Å². The van der Waals surface area contributed by atoms with Crippen LogP contribution in [0.5, 0.6) is 0 Å². The molecule has 2 aliphatic rings. The largest absolute Gasteiger partial charge is 0.386 e. The van der Waals surface area contributed by atoms with Crippen molar-refractivity contribution in [3.8, 4) is 0 Å². The molecule has 0 bridgehead atoms. The molecule has 1 aliphatic carbocycles. The summed E-state index contributed by atoms with van der Waals surface area (Å²) < 4.78 is 28.5. The average Bonchev–Trinajstić information content (AvgIpc) is 3.10. The molecule has 0 spiro atoms. The van der Waals surface area contributed by atoms with Crippen LogP contribution in [0.25, 0.3) is 0 Å². The summed E-state index contributed by atoms with van der Waals surface area (Å²) in [5.41, 5.74) is 5.47. The van der Waals surface area contributed by atoms with E-state index in [9.17, 15) is 8.42 Å². The summed E-state index contributed by atoms with van der Waals surface area (Å²) in [6.07, 6.45) is 3.69. The van der Waals surface area contributed by atoms with Crippen LogP contribution >= 0.6 is 0 Å². The molecular formula is C11H22N4O2S. The Kier molecular flexibility index (Phi) is 3.93. The Morgan fingerprint density at radius 3 is 2.33 bits per heavy atom. The standard InChI is InChI=1S/C11H22N4O2S/c1-8-4-6-15(7-5-8)18(16,17)14-10(11(12)13)9-2-3-9/h8-10,14H,2-7H2,1H3,(H3,12,13). The molecule has 1 saturated carbocycles. The Hall–Kier alpha value is -0.660. The smallest absolute Gasteiger partial charge is 0.280 e. The van der Waals surface area contributed by atoms with E-state index in [1.807, 2.05) is 0 Å². The second-order valence-electron chi connectivity index (χ2n) is 5.47. The number of hydrogen-bond acceptors (Lipinski definition) is 3. The Morgan fingerprint density at radius 1 is 1.33 bits per heavy atom. The molecule has 0 amide bonds. The number of piperidine rings is 1. The van der Waals surface area contributed by atoms with Gasteiger partial charge in [-0.1, -0.05) is 6.92 Å². The van der Waals surface area contributed by atoms with Gasteiger partial charge in [-0.05, 0) is 37.5 Å². The predicted molar refractivity (Wildman–Crippen MR) is 70.5 cm³/mol. The lowest BCUT2D eigenvalue weighted by Crippen LogP contribution is -2.52. The molecule has 2 rings (SSSR count). The van der Waals surface area contributed by atoms with Crippen LogP contribution in [0.1, 0.15) is 32.6 Å². The lowest BCUT2D eigenvalue weighted by molar-refractivity contribution is 0.284. The van der Waals surface area contributed by atoms with Crippen molar-refractivity contribution < 1.29 is 8.42 Å². The first-order valence-electron chi connectivity index (χ1n) is 6.51. The van der Waals surface area contributed by atoms with Crippen LogP contribution in [0.4, 0.5) is 0 Å². The molecule has 2 fully saturated rings. The second kappa shape index (κ2) is 5.14. The molecule has 0 radical (unpaired) electrons. The van der Waals surface area contributed by atoms with Gasteiger partial charge in [0.1, 0.15) is 5.84 Å². The maximum Gasteiger partial charge on any atom is 0.280 e. The minimum Gasteiger partial charge on any atom is -0.386 e. The van der Waals surface area contributed by atoms with Gasteiger partial charge in [0.2, 0.25) is 0 Å². The van der Waals surface area contributed by atoms with Crippen molar-refractivity contribution in [3.05, 3.63) is 0 Å². The maximum atomic E-state index is 12.2. The fourth-order valence-corrected chi connectivity index (χ4v) is 3.78. The van der Waals surface area contributed by atoms with Crippen molar-refractivity contribution in [1.29, 1.82) is 5.41 Å². The summed E-state index contributed by atoms with van der Waals surface area (Å²) in [5, 5.41) is 7.48. The zero-order valence-electron chi connectivity index (χ0n) is 10.7. The van der Waals surface area contributed by atoms with Crippen LogP contribution in [-0.4, -0.2) is 37.7 Å². The Morgan fingerprint density at radius 2 is 1.89 bits per heavy atom. The van der Waals surface area contributed by atoms with E-state index in [1.165, 1.54) is 4.31 Å². The van der Waals surface area contributed by atoms with Gasteiger partial charge in [0, 0.05) is 13.1 Å². The average molecular weight is 274 g/mol. The number of hydrogen-bond donors (Lipinski definition) is 3. The highest BCUT2D eigenvalue weighted by Crippen LogP contribution is 2.33. The molecular weight excluding hydrogens is 252 g/mol. The molecule has 4 N–H and O–H groups in total. The molecule has 7 heteroatoms. The third-order valence-electron chi connectivity index (χ3n) is 3.79. The van der Waals surface area contributed by atoms with E-state index in [4.69, 9.17) is 11.1 Å². The minimum absolute atomic E-state index is 0.0774. The normalized spacial score (nSPS) is 24.9. The third-order valence-corrected chi connectivity index (χ3v) is 5.38. The fourth-order valence-electron chi connectivity index (χ4n) is 2.30. The van der Waals surface area contributed by atoms with Crippen molar-refractivity contribution in [1.82, 2.24) is 9.03 Å². The lowest BCUT2D eigenvalue weighted by Gasteiger charge is -2.31. The number of nitrogens with two attached hydrogens (primary N) is 1. The molecule has 1 saturated heterocycles. The van der Waals surface area contributed by atoms with E-state index in [-0.39, 0.29) is 11.8 Å². The predicted octanol–water partition coefficient (Wildman–Crippen LogP) is 0.267. The van der Waals surface area contributed by atoms with Gasteiger partial charge in [0.05, 0.1) is 6.04 Å². The second-order valence-corrected chi connectivity index (χ2v) is 7.18. The van der Waals surface area contributed by atoms with E-state index in [0.717, 1.165) is 25.7 Å². The van der Waals surface area contributed by atoms with Gasteiger partial charge in [-0.25, -0.2) is 0 Å². The Balaban J connectivity index is 1.99. The first-order valence-corrected chi connectivity index (χ1v) is 7.95. The highest BCUT2D eigenvalue weighted by molar-refractivity contribution is 7.87. The molecule has 1 unspecified atom stereocenters. The van der Waals surface area contributed by atoms with E-state index in [2.05, 4.69) is 11.6 Å². The van der Waals surface area contributed by atoms with E-state index < -0.39 is 16.3 Å². The zero-order chi connectivity index (χ0) is 13.3. The van der Waals surface area contributed by atoms with E-state index >= 15 is 0 Å². The molecule has 1 heterocycles. The first-order chi connectivity index (χ1) is 8.40. The summed E-state index contributed by atoms with van der Waals surface area (Å²) >= 11 is 0. The quantitative estimate of drug-likeness (QED) is 0.495. The van der Waals surface area contributed by atoms with Crippen LogP contribution in [0.3, 0.4) is 0 Å². The summed E-state index contributed by atoms with van der Waals surface area (Å²) in [5.74, 6) is 0.718.